The van der Waals surface area contributed by atoms with Gasteiger partial charge >= 0.3 is 0 Å². The predicted octanol–water partition coefficient (Wildman–Crippen LogP) is 13.2. The Morgan fingerprint density at radius 2 is 0.982 bits per heavy atom. The van der Waals surface area contributed by atoms with E-state index in [0.717, 1.165) is 44.2 Å². The van der Waals surface area contributed by atoms with Gasteiger partial charge in [-0.15, -0.1) is 0 Å². The third-order valence-corrected chi connectivity index (χ3v) is 10.2. The van der Waals surface area contributed by atoms with E-state index in [2.05, 4.69) is 24.3 Å². The topological polar surface area (TPSA) is 56.7 Å². The molecule has 0 aliphatic rings. The van der Waals surface area contributed by atoms with Crippen LogP contribution in [0.15, 0.2) is 198 Å². The Bertz CT molecular complexity index is 3530. The van der Waals surface area contributed by atoms with Crippen LogP contribution in [0.1, 0.15) is 8.22 Å². The van der Waals surface area contributed by atoms with E-state index < -0.39 is 0 Å². The number of hydrogen-bond donors (Lipinski definition) is 0. The van der Waals surface area contributed by atoms with Crippen molar-refractivity contribution in [2.24, 2.45) is 0 Å². The molecule has 0 saturated carbocycles. The quantitative estimate of drug-likeness (QED) is 0.171. The molecule has 0 amide bonds. The van der Waals surface area contributed by atoms with E-state index in [-0.39, 0.29) is 58.1 Å². The number of fused-ring (bicyclic) bond motifs is 6. The van der Waals surface area contributed by atoms with Crippen molar-refractivity contribution in [1.82, 2.24) is 19.5 Å². The summed E-state index contributed by atoms with van der Waals surface area (Å²) in [6.45, 7) is 0. The van der Waals surface area contributed by atoms with Crippen LogP contribution >= 0.6 is 0 Å². The molecule has 56 heavy (non-hydrogen) atoms. The molecule has 0 atom stereocenters. The Labute approximate surface area is 331 Å². The average molecular weight is 723 g/mol. The van der Waals surface area contributed by atoms with Crippen LogP contribution in [0, 0.1) is 0 Å². The zero-order chi connectivity index (χ0) is 42.2. The van der Waals surface area contributed by atoms with Crippen LogP contribution in [0.3, 0.4) is 0 Å². The average Bonchev–Trinajstić information content (AvgIpc) is 3.88. The molecule has 0 N–H and O–H groups in total. The van der Waals surface area contributed by atoms with Gasteiger partial charge in [0.25, 0.3) is 0 Å². The number of aromatic nitrogens is 4. The summed E-state index contributed by atoms with van der Waals surface area (Å²) in [5.41, 5.74) is 8.00. The van der Waals surface area contributed by atoms with Gasteiger partial charge in [0.1, 0.15) is 11.2 Å². The van der Waals surface area contributed by atoms with Crippen molar-refractivity contribution in [2.45, 2.75) is 0 Å². The molecule has 8 aromatic carbocycles. The van der Waals surface area contributed by atoms with Crippen LogP contribution < -0.4 is 0 Å². The highest BCUT2D eigenvalue weighted by molar-refractivity contribution is 6.12. The lowest BCUT2D eigenvalue weighted by Gasteiger charge is -2.16. The standard InChI is InChI=1S/C51H32N4O/c1-3-15-33(16-4-1)35-19-13-20-36(31-35)50-52-49(34-17-5-2-6-18-34)53-51(54-50)37-29-30-40(42-24-14-25-43-41-23-9-12-28-47(41)56-48(42)43)46(32-37)55-44-26-10-7-21-38(44)39-22-8-11-27-45(39)55/h1-32H/i7D,8D,21D,22D,26D,27D. The van der Waals surface area contributed by atoms with Crippen LogP contribution in [0.4, 0.5) is 0 Å². The molecule has 0 spiro atoms. The molecule has 0 fully saturated rings. The van der Waals surface area contributed by atoms with Crippen molar-refractivity contribution in [3.8, 4) is 62.1 Å². The predicted molar refractivity (Wildman–Crippen MR) is 229 cm³/mol. The molecule has 0 aliphatic carbocycles. The summed E-state index contributed by atoms with van der Waals surface area (Å²) in [6.07, 6.45) is 0. The van der Waals surface area contributed by atoms with E-state index >= 15 is 0 Å². The molecule has 11 rings (SSSR count). The largest absolute Gasteiger partial charge is 0.455 e. The Kier molecular flexibility index (Phi) is 6.10. The molecule has 3 aromatic heterocycles. The fourth-order valence-electron chi connectivity index (χ4n) is 7.62. The highest BCUT2D eigenvalue weighted by Gasteiger charge is 2.21. The van der Waals surface area contributed by atoms with Gasteiger partial charge < -0.3 is 8.98 Å². The van der Waals surface area contributed by atoms with Crippen molar-refractivity contribution in [2.75, 3.05) is 0 Å². The van der Waals surface area contributed by atoms with Crippen LogP contribution in [0.2, 0.25) is 0 Å². The van der Waals surface area contributed by atoms with E-state index in [4.69, 9.17) is 24.9 Å². The number of rotatable bonds is 6. The van der Waals surface area contributed by atoms with Gasteiger partial charge in [-0.3, -0.25) is 0 Å². The maximum atomic E-state index is 9.30. The Balaban J connectivity index is 1.23. The van der Waals surface area contributed by atoms with Crippen molar-refractivity contribution >= 4 is 43.7 Å². The lowest BCUT2D eigenvalue weighted by atomic mass is 9.98. The Morgan fingerprint density at radius 1 is 0.411 bits per heavy atom. The number of para-hydroxylation sites is 4. The van der Waals surface area contributed by atoms with E-state index in [9.17, 15) is 2.74 Å². The van der Waals surface area contributed by atoms with Crippen molar-refractivity contribution in [3.63, 3.8) is 0 Å². The first-order valence-corrected chi connectivity index (χ1v) is 18.3. The Morgan fingerprint density at radius 3 is 1.71 bits per heavy atom. The summed E-state index contributed by atoms with van der Waals surface area (Å²) >= 11 is 0. The second-order valence-electron chi connectivity index (χ2n) is 13.5. The summed E-state index contributed by atoms with van der Waals surface area (Å²) in [6, 6.07) is 49.2. The van der Waals surface area contributed by atoms with Crippen LogP contribution in [-0.2, 0) is 0 Å². The van der Waals surface area contributed by atoms with Crippen molar-refractivity contribution in [3.05, 3.63) is 194 Å². The van der Waals surface area contributed by atoms with Gasteiger partial charge in [-0.2, -0.15) is 0 Å². The minimum atomic E-state index is -0.192. The van der Waals surface area contributed by atoms with E-state index in [1.807, 2.05) is 121 Å². The van der Waals surface area contributed by atoms with Crippen LogP contribution in [0.5, 0.6) is 0 Å². The smallest absolute Gasteiger partial charge is 0.164 e. The van der Waals surface area contributed by atoms with E-state index in [1.165, 1.54) is 12.1 Å². The highest BCUT2D eigenvalue weighted by atomic mass is 16.3. The molecule has 3 heterocycles. The summed E-state index contributed by atoms with van der Waals surface area (Å²) < 4.78 is 62.3. The van der Waals surface area contributed by atoms with Crippen molar-refractivity contribution < 1.29 is 12.6 Å². The lowest BCUT2D eigenvalue weighted by molar-refractivity contribution is 0.670. The fourth-order valence-corrected chi connectivity index (χ4v) is 7.62. The molecular weight excluding hydrogens is 685 g/mol. The van der Waals surface area contributed by atoms with Gasteiger partial charge in [0.15, 0.2) is 17.5 Å². The molecule has 0 unspecified atom stereocenters. The summed E-state index contributed by atoms with van der Waals surface area (Å²) in [4.78, 5) is 15.2. The highest BCUT2D eigenvalue weighted by Crippen LogP contribution is 2.42. The van der Waals surface area contributed by atoms with E-state index in [0.29, 0.717) is 39.9 Å². The monoisotopic (exact) mass is 722 g/mol. The molecule has 0 aliphatic heterocycles. The number of nitrogens with zero attached hydrogens (tertiary/aromatic N) is 4. The molecule has 0 radical (unpaired) electrons. The van der Waals surface area contributed by atoms with Gasteiger partial charge in [-0.25, -0.2) is 15.0 Å². The maximum Gasteiger partial charge on any atom is 0.164 e. The van der Waals surface area contributed by atoms with Crippen LogP contribution in [-0.4, -0.2) is 19.5 Å². The molecule has 5 nitrogen and oxygen atoms in total. The number of hydrogen-bond acceptors (Lipinski definition) is 4. The SMILES string of the molecule is [2H]c1cc([2H])c2c(c1[2H])c1c([2H])c([2H])cc([2H])c1n2-c1cc(-c2nc(-c3ccccc3)nc(-c3cccc(-c4ccccc4)c3)n2)ccc1-c1cccc2c1oc1ccccc12. The third-order valence-electron chi connectivity index (χ3n) is 10.2. The summed E-state index contributed by atoms with van der Waals surface area (Å²) in [5.74, 6) is 1.30. The first-order valence-electron chi connectivity index (χ1n) is 21.3. The zero-order valence-corrected chi connectivity index (χ0v) is 29.7. The number of furan rings is 1. The van der Waals surface area contributed by atoms with Gasteiger partial charge in [0.2, 0.25) is 0 Å². The van der Waals surface area contributed by atoms with Gasteiger partial charge in [0, 0.05) is 49.4 Å². The van der Waals surface area contributed by atoms with Gasteiger partial charge in [-0.1, -0.05) is 164 Å². The minimum Gasteiger partial charge on any atom is -0.455 e. The first-order chi connectivity index (χ1) is 30.2. The van der Waals surface area contributed by atoms with Crippen molar-refractivity contribution in [1.29, 1.82) is 0 Å². The van der Waals surface area contributed by atoms with E-state index in [1.54, 1.807) is 4.57 Å². The normalized spacial score (nSPS) is 13.1. The lowest BCUT2D eigenvalue weighted by Crippen LogP contribution is -2.02. The third kappa shape index (κ3) is 5.29. The van der Waals surface area contributed by atoms with Gasteiger partial charge in [-0.05, 0) is 41.4 Å². The molecular formula is C51H32N4O. The molecule has 0 saturated heterocycles. The molecule has 262 valence electrons. The van der Waals surface area contributed by atoms with Gasteiger partial charge in [0.05, 0.1) is 24.9 Å². The second-order valence-corrected chi connectivity index (χ2v) is 13.5. The molecule has 0 bridgehead atoms. The minimum absolute atomic E-state index is 0.0621. The number of benzene rings is 8. The summed E-state index contributed by atoms with van der Waals surface area (Å²) in [5, 5.41) is 2.18. The van der Waals surface area contributed by atoms with Crippen LogP contribution in [0.25, 0.3) is 106 Å². The molecule has 5 heteroatoms. The molecule has 11 aromatic rings. The fraction of sp³-hybridized carbons (Fsp3) is 0. The maximum absolute atomic E-state index is 9.30. The Hall–Kier alpha value is -7.63. The first kappa shape index (κ1) is 26.2. The second kappa shape index (κ2) is 13.0. The summed E-state index contributed by atoms with van der Waals surface area (Å²) in [7, 11) is 0. The zero-order valence-electron chi connectivity index (χ0n) is 35.7.